The van der Waals surface area contributed by atoms with Crippen LogP contribution in [0.1, 0.15) is 28.9 Å². The van der Waals surface area contributed by atoms with Crippen LogP contribution in [-0.4, -0.2) is 38.8 Å². The van der Waals surface area contributed by atoms with Crippen LogP contribution in [0.25, 0.3) is 21.9 Å². The highest BCUT2D eigenvalue weighted by Crippen LogP contribution is 2.26. The summed E-state index contributed by atoms with van der Waals surface area (Å²) >= 11 is 0. The highest BCUT2D eigenvalue weighted by Gasteiger charge is 2.25. The molecule has 3 heterocycles. The van der Waals surface area contributed by atoms with Crippen LogP contribution in [0.2, 0.25) is 0 Å². The van der Waals surface area contributed by atoms with Crippen LogP contribution in [0.15, 0.2) is 48.8 Å². The zero-order valence-electron chi connectivity index (χ0n) is 15.4. The van der Waals surface area contributed by atoms with Gasteiger partial charge in [0.05, 0.1) is 17.4 Å². The lowest BCUT2D eigenvalue weighted by molar-refractivity contribution is 0.0685. The Morgan fingerprint density at radius 1 is 1.11 bits per heavy atom. The Labute approximate surface area is 161 Å². The predicted molar refractivity (Wildman–Crippen MR) is 107 cm³/mol. The van der Waals surface area contributed by atoms with Crippen molar-refractivity contribution in [1.82, 2.24) is 19.9 Å². The topological polar surface area (TPSA) is 64.8 Å². The minimum absolute atomic E-state index is 0.0418. The molecular weight excluding hydrogens is 355 g/mol. The van der Waals surface area contributed by atoms with E-state index in [1.54, 1.807) is 6.33 Å². The Hall–Kier alpha value is -3.15. The molecule has 1 amide bonds. The maximum Gasteiger partial charge on any atom is 0.270 e. The third-order valence-electron chi connectivity index (χ3n) is 5.76. The lowest BCUT2D eigenvalue weighted by atomic mass is 9.90. The minimum atomic E-state index is -0.199. The fourth-order valence-electron chi connectivity index (χ4n) is 4.19. The van der Waals surface area contributed by atoms with Crippen molar-refractivity contribution in [1.29, 1.82) is 0 Å². The van der Waals surface area contributed by atoms with Gasteiger partial charge in [-0.25, -0.2) is 9.37 Å². The van der Waals surface area contributed by atoms with Crippen molar-refractivity contribution in [3.05, 3.63) is 65.9 Å². The molecule has 0 atom stereocenters. The average Bonchev–Trinajstić information content (AvgIpc) is 3.36. The smallest absolute Gasteiger partial charge is 0.270 e. The highest BCUT2D eigenvalue weighted by atomic mass is 19.1. The lowest BCUT2D eigenvalue weighted by Crippen LogP contribution is -2.39. The van der Waals surface area contributed by atoms with Gasteiger partial charge in [-0.3, -0.25) is 4.79 Å². The van der Waals surface area contributed by atoms with Gasteiger partial charge in [0.2, 0.25) is 0 Å². The lowest BCUT2D eigenvalue weighted by Gasteiger charge is -2.31. The van der Waals surface area contributed by atoms with Gasteiger partial charge in [-0.2, -0.15) is 0 Å². The van der Waals surface area contributed by atoms with Crippen molar-refractivity contribution < 1.29 is 9.18 Å². The number of nitrogens with one attached hydrogen (secondary N) is 2. The Morgan fingerprint density at radius 2 is 1.86 bits per heavy atom. The molecule has 1 aliphatic heterocycles. The van der Waals surface area contributed by atoms with Crippen LogP contribution in [0.4, 0.5) is 4.39 Å². The normalized spacial score (nSPS) is 15.5. The summed E-state index contributed by atoms with van der Waals surface area (Å²) in [5.74, 6) is 0.371. The highest BCUT2D eigenvalue weighted by molar-refractivity contribution is 6.07. The third kappa shape index (κ3) is 3.05. The summed E-state index contributed by atoms with van der Waals surface area (Å²) in [5.41, 5.74) is 4.54. The summed E-state index contributed by atoms with van der Waals surface area (Å²) < 4.78 is 13.1. The maximum absolute atomic E-state index is 13.1. The molecule has 0 radical (unpaired) electrons. The van der Waals surface area contributed by atoms with Gasteiger partial charge >= 0.3 is 0 Å². The van der Waals surface area contributed by atoms with Crippen LogP contribution >= 0.6 is 0 Å². The third-order valence-corrected chi connectivity index (χ3v) is 5.76. The molecule has 4 aromatic rings. The fourth-order valence-corrected chi connectivity index (χ4v) is 4.19. The van der Waals surface area contributed by atoms with Crippen molar-refractivity contribution >= 4 is 27.8 Å². The molecule has 1 saturated heterocycles. The number of hydrogen-bond acceptors (Lipinski definition) is 2. The molecule has 0 saturated carbocycles. The molecule has 1 aliphatic rings. The molecule has 0 spiro atoms. The molecule has 142 valence electrons. The van der Waals surface area contributed by atoms with Crippen molar-refractivity contribution in [2.24, 2.45) is 5.92 Å². The Kier molecular flexibility index (Phi) is 4.11. The van der Waals surface area contributed by atoms with Crippen molar-refractivity contribution in [3.63, 3.8) is 0 Å². The van der Waals surface area contributed by atoms with E-state index in [1.165, 1.54) is 12.1 Å². The summed E-state index contributed by atoms with van der Waals surface area (Å²) in [5, 5.41) is 0.966. The minimum Gasteiger partial charge on any atom is -0.350 e. The summed E-state index contributed by atoms with van der Waals surface area (Å²) in [4.78, 5) is 25.6. The van der Waals surface area contributed by atoms with Gasteiger partial charge in [0.25, 0.3) is 5.91 Å². The van der Waals surface area contributed by atoms with Gasteiger partial charge < -0.3 is 14.9 Å². The molecule has 5 nitrogen and oxygen atoms in total. The van der Waals surface area contributed by atoms with Gasteiger partial charge in [0, 0.05) is 24.0 Å². The Morgan fingerprint density at radius 3 is 2.64 bits per heavy atom. The standard InChI is InChI=1S/C22H21FN4O/c23-16-3-1-14(2-4-16)11-15-7-9-27(10-8-15)22(28)20-12-17-18(26-20)5-6-19-21(17)25-13-24-19/h1-6,12-13,15,26H,7-11H2,(H,24,25). The zero-order valence-corrected chi connectivity index (χ0v) is 15.4. The van der Waals surface area contributed by atoms with E-state index in [4.69, 9.17) is 0 Å². The number of piperidine rings is 1. The number of aromatic amines is 2. The quantitative estimate of drug-likeness (QED) is 0.561. The number of carbonyl (C=O) groups is 1. The first-order chi connectivity index (χ1) is 13.7. The molecule has 0 bridgehead atoms. The monoisotopic (exact) mass is 376 g/mol. The first kappa shape index (κ1) is 17.0. The molecule has 6 heteroatoms. The van der Waals surface area contributed by atoms with Crippen LogP contribution in [-0.2, 0) is 6.42 Å². The number of nitrogens with zero attached hydrogens (tertiary/aromatic N) is 2. The van der Waals surface area contributed by atoms with E-state index in [1.807, 2.05) is 35.2 Å². The maximum atomic E-state index is 13.1. The largest absolute Gasteiger partial charge is 0.350 e. The number of halogens is 1. The van der Waals surface area contributed by atoms with Crippen molar-refractivity contribution in [2.45, 2.75) is 19.3 Å². The number of fused-ring (bicyclic) bond motifs is 3. The summed E-state index contributed by atoms with van der Waals surface area (Å²) in [7, 11) is 0. The van der Waals surface area contributed by atoms with Gasteiger partial charge in [-0.05, 0) is 61.1 Å². The van der Waals surface area contributed by atoms with E-state index in [2.05, 4.69) is 15.0 Å². The average molecular weight is 376 g/mol. The van der Waals surface area contributed by atoms with Crippen LogP contribution in [0.3, 0.4) is 0 Å². The number of aromatic nitrogens is 3. The first-order valence-corrected chi connectivity index (χ1v) is 9.66. The summed E-state index contributed by atoms with van der Waals surface area (Å²) in [6.45, 7) is 1.50. The number of imidazole rings is 1. The van der Waals surface area contributed by atoms with Gasteiger partial charge in [0.1, 0.15) is 11.5 Å². The second kappa shape index (κ2) is 6.78. The molecule has 0 aliphatic carbocycles. The fraction of sp³-hybridized carbons (Fsp3) is 0.273. The number of amides is 1. The van der Waals surface area contributed by atoms with E-state index in [0.717, 1.165) is 59.9 Å². The van der Waals surface area contributed by atoms with E-state index in [9.17, 15) is 9.18 Å². The molecule has 2 aromatic carbocycles. The van der Waals surface area contributed by atoms with Crippen molar-refractivity contribution in [3.8, 4) is 0 Å². The molecule has 1 fully saturated rings. The Balaban J connectivity index is 1.28. The van der Waals surface area contributed by atoms with Gasteiger partial charge in [-0.15, -0.1) is 0 Å². The second-order valence-corrected chi connectivity index (χ2v) is 7.57. The van der Waals surface area contributed by atoms with Gasteiger partial charge in [0.15, 0.2) is 0 Å². The molecular formula is C22H21FN4O. The number of hydrogen-bond donors (Lipinski definition) is 2. The molecule has 2 N–H and O–H groups in total. The second-order valence-electron chi connectivity index (χ2n) is 7.57. The van der Waals surface area contributed by atoms with E-state index in [-0.39, 0.29) is 11.7 Å². The van der Waals surface area contributed by atoms with E-state index in [0.29, 0.717) is 11.6 Å². The Bertz CT molecular complexity index is 1140. The predicted octanol–water partition coefficient (Wildman–Crippen LogP) is 4.28. The van der Waals surface area contributed by atoms with Crippen LogP contribution < -0.4 is 0 Å². The van der Waals surface area contributed by atoms with E-state index >= 15 is 0 Å². The van der Waals surface area contributed by atoms with Crippen LogP contribution in [0.5, 0.6) is 0 Å². The molecule has 2 aromatic heterocycles. The number of H-pyrrole nitrogens is 2. The SMILES string of the molecule is O=C(c1cc2c(ccc3[nH]cnc32)[nH]1)N1CCC(Cc2ccc(F)cc2)CC1. The number of carbonyl (C=O) groups excluding carboxylic acids is 1. The number of benzene rings is 2. The molecule has 5 rings (SSSR count). The van der Waals surface area contributed by atoms with Gasteiger partial charge in [-0.1, -0.05) is 12.1 Å². The zero-order chi connectivity index (χ0) is 19.1. The summed E-state index contributed by atoms with van der Waals surface area (Å²) in [6.07, 6.45) is 4.54. The molecule has 0 unspecified atom stereocenters. The van der Waals surface area contributed by atoms with E-state index < -0.39 is 0 Å². The number of likely N-dealkylation sites (tertiary alicyclic amines) is 1. The van der Waals surface area contributed by atoms with Crippen LogP contribution in [0, 0.1) is 11.7 Å². The summed E-state index contributed by atoms with van der Waals surface area (Å²) in [6, 6.07) is 12.6. The number of rotatable bonds is 3. The molecule has 28 heavy (non-hydrogen) atoms. The first-order valence-electron chi connectivity index (χ1n) is 9.66. The van der Waals surface area contributed by atoms with Crippen molar-refractivity contribution in [2.75, 3.05) is 13.1 Å².